The van der Waals surface area contributed by atoms with Crippen molar-refractivity contribution in [1.82, 2.24) is 9.88 Å². The Labute approximate surface area is 277 Å². The Kier molecular flexibility index (Phi) is 9.63. The minimum Gasteiger partial charge on any atom is -0.466 e. The average molecular weight is 655 g/mol. The molecule has 1 aromatic heterocycles. The maximum absolute atomic E-state index is 13.4. The minimum atomic E-state index is -0.174. The summed E-state index contributed by atoms with van der Waals surface area (Å²) in [7, 11) is 0. The molecule has 0 aliphatic carbocycles. The first-order chi connectivity index (χ1) is 22.0. The van der Waals surface area contributed by atoms with Crippen molar-refractivity contribution in [3.63, 3.8) is 0 Å². The molecular weight excluding hydrogens is 621 g/mol. The van der Waals surface area contributed by atoms with Gasteiger partial charge in [0, 0.05) is 30.8 Å². The van der Waals surface area contributed by atoms with E-state index in [9.17, 15) is 9.59 Å². The monoisotopic (exact) mass is 654 g/mol. The molecule has 1 fully saturated rings. The zero-order chi connectivity index (χ0) is 31.3. The van der Waals surface area contributed by atoms with Gasteiger partial charge in [0.25, 0.3) is 5.91 Å². The molecule has 3 heterocycles. The standard InChI is InChI=1S/C35H34N4O3S3/c1-3-37-28-23-24(33-36-26-15-10-11-16-29(26)44-33)18-19-27(28)39(25-13-7-5-8-14-25)31(37)21-20-30-34(41)38(35(43)45-30)22-12-6-9-17-32(40)42-4-2/h5,7-8,10-11,13-16,18-21,23H,3-4,6,9,12,17,22H2,1-2H3/b30-20-,31-21+. The molecule has 0 saturated carbocycles. The average Bonchev–Trinajstić information content (AvgIpc) is 3.71. The molecule has 10 heteroatoms. The van der Waals surface area contributed by atoms with Crippen LogP contribution in [0.3, 0.4) is 0 Å². The summed E-state index contributed by atoms with van der Waals surface area (Å²) in [6.07, 6.45) is 6.66. The second-order valence-corrected chi connectivity index (χ2v) is 13.3. The Morgan fingerprint density at radius 3 is 2.51 bits per heavy atom. The van der Waals surface area contributed by atoms with Crippen molar-refractivity contribution in [1.29, 1.82) is 0 Å². The van der Waals surface area contributed by atoms with E-state index in [-0.39, 0.29) is 11.9 Å². The summed E-state index contributed by atoms with van der Waals surface area (Å²) < 4.78 is 6.73. The summed E-state index contributed by atoms with van der Waals surface area (Å²) in [5, 5.41) is 0.989. The molecule has 0 unspecified atom stereocenters. The van der Waals surface area contributed by atoms with Crippen LogP contribution in [0.15, 0.2) is 95.7 Å². The summed E-state index contributed by atoms with van der Waals surface area (Å²) in [5.41, 5.74) is 5.28. The highest BCUT2D eigenvalue weighted by Crippen LogP contribution is 2.48. The third kappa shape index (κ3) is 6.54. The van der Waals surface area contributed by atoms with Gasteiger partial charge in [0.2, 0.25) is 0 Å². The molecule has 0 spiro atoms. The SMILES string of the molecule is CCOC(=O)CCCCCN1C(=O)/C(=C/C=C2\N(CC)c3cc(-c4nc5ccccc5s4)ccc3N2c2ccccc2)SC1=S. The highest BCUT2D eigenvalue weighted by atomic mass is 32.2. The lowest BCUT2D eigenvalue weighted by atomic mass is 10.1. The van der Waals surface area contributed by atoms with Gasteiger partial charge in [-0.1, -0.05) is 60.7 Å². The van der Waals surface area contributed by atoms with E-state index < -0.39 is 0 Å². The predicted molar refractivity (Wildman–Crippen MR) is 190 cm³/mol. The van der Waals surface area contributed by atoms with Crippen LogP contribution in [0.5, 0.6) is 0 Å². The number of nitrogens with zero attached hydrogens (tertiary/aromatic N) is 4. The molecule has 0 N–H and O–H groups in total. The van der Waals surface area contributed by atoms with Gasteiger partial charge < -0.3 is 9.64 Å². The summed E-state index contributed by atoms with van der Waals surface area (Å²) >= 11 is 8.63. The maximum atomic E-state index is 13.4. The summed E-state index contributed by atoms with van der Waals surface area (Å²) in [4.78, 5) is 36.7. The van der Waals surface area contributed by atoms with Crippen molar-refractivity contribution in [3.8, 4) is 10.6 Å². The molecule has 2 aliphatic heterocycles. The van der Waals surface area contributed by atoms with Gasteiger partial charge in [-0.2, -0.15) is 0 Å². The molecular formula is C35H34N4O3S3. The number of allylic oxidation sites excluding steroid dienone is 2. The Bertz CT molecular complexity index is 1770. The fraction of sp³-hybridized carbons (Fsp3) is 0.257. The van der Waals surface area contributed by atoms with Crippen LogP contribution in [0.1, 0.15) is 39.5 Å². The van der Waals surface area contributed by atoms with E-state index >= 15 is 0 Å². The smallest absolute Gasteiger partial charge is 0.305 e. The van der Waals surface area contributed by atoms with Crippen LogP contribution in [0, 0.1) is 0 Å². The Hall–Kier alpha value is -3.99. The number of thiazole rings is 1. The Balaban J connectivity index is 1.26. The van der Waals surface area contributed by atoms with Crippen LogP contribution in [0.25, 0.3) is 20.8 Å². The first kappa shape index (κ1) is 31.0. The summed E-state index contributed by atoms with van der Waals surface area (Å²) in [5.74, 6) is 0.714. The fourth-order valence-electron chi connectivity index (χ4n) is 5.58. The van der Waals surface area contributed by atoms with Gasteiger partial charge in [-0.25, -0.2) is 4.98 Å². The number of fused-ring (bicyclic) bond motifs is 2. The zero-order valence-electron chi connectivity index (χ0n) is 25.3. The number of carbonyl (C=O) groups excluding carboxylic acids is 2. The third-order valence-electron chi connectivity index (χ3n) is 7.71. The number of thiocarbonyl (C=S) groups is 1. The molecule has 45 heavy (non-hydrogen) atoms. The van der Waals surface area contributed by atoms with Crippen LogP contribution < -0.4 is 9.80 Å². The first-order valence-electron chi connectivity index (χ1n) is 15.2. The van der Waals surface area contributed by atoms with Crippen LogP contribution in [-0.2, 0) is 14.3 Å². The Morgan fingerprint density at radius 2 is 1.73 bits per heavy atom. The molecule has 0 bridgehead atoms. The maximum Gasteiger partial charge on any atom is 0.305 e. The number of para-hydroxylation sites is 2. The summed E-state index contributed by atoms with van der Waals surface area (Å²) in [6.45, 7) is 5.62. The second kappa shape index (κ2) is 14.0. The topological polar surface area (TPSA) is 66.0 Å². The molecule has 3 aromatic carbocycles. The first-order valence-corrected chi connectivity index (χ1v) is 17.3. The van der Waals surface area contributed by atoms with Gasteiger partial charge >= 0.3 is 5.97 Å². The van der Waals surface area contributed by atoms with Gasteiger partial charge in [0.05, 0.1) is 33.1 Å². The van der Waals surface area contributed by atoms with E-state index in [0.29, 0.717) is 28.8 Å². The minimum absolute atomic E-state index is 0.0739. The number of hydrogen-bond donors (Lipinski definition) is 0. The number of esters is 1. The van der Waals surface area contributed by atoms with Gasteiger partial charge in [-0.3, -0.25) is 19.4 Å². The van der Waals surface area contributed by atoms with E-state index in [1.165, 1.54) is 16.5 Å². The van der Waals surface area contributed by atoms with Gasteiger partial charge in [0.1, 0.15) is 15.1 Å². The molecule has 4 aromatic rings. The normalized spacial score (nSPS) is 16.4. The van der Waals surface area contributed by atoms with Gasteiger partial charge in [-0.15, -0.1) is 11.3 Å². The third-order valence-corrected chi connectivity index (χ3v) is 10.2. The lowest BCUT2D eigenvalue weighted by Crippen LogP contribution is -2.29. The molecule has 230 valence electrons. The number of anilines is 3. The number of thioether (sulfide) groups is 1. The summed E-state index contributed by atoms with van der Waals surface area (Å²) in [6, 6.07) is 25.0. The lowest BCUT2D eigenvalue weighted by molar-refractivity contribution is -0.143. The molecule has 7 nitrogen and oxygen atoms in total. The predicted octanol–water partition coefficient (Wildman–Crippen LogP) is 8.65. The molecule has 1 saturated heterocycles. The van der Waals surface area contributed by atoms with E-state index in [2.05, 4.69) is 53.1 Å². The quantitative estimate of drug-likeness (QED) is 0.0689. The number of hydrogen-bond acceptors (Lipinski definition) is 9. The molecule has 0 radical (unpaired) electrons. The van der Waals surface area contributed by atoms with Crippen molar-refractivity contribution in [2.75, 3.05) is 29.5 Å². The number of carbonyl (C=O) groups is 2. The van der Waals surface area contributed by atoms with Gasteiger partial charge in [-0.05, 0) is 81.3 Å². The van der Waals surface area contributed by atoms with Crippen LogP contribution in [-0.4, -0.2) is 45.8 Å². The highest BCUT2D eigenvalue weighted by Gasteiger charge is 2.34. The van der Waals surface area contributed by atoms with E-state index in [0.717, 1.165) is 64.8 Å². The second-order valence-electron chi connectivity index (χ2n) is 10.6. The van der Waals surface area contributed by atoms with Gasteiger partial charge in [0.15, 0.2) is 0 Å². The van der Waals surface area contributed by atoms with Crippen molar-refractivity contribution < 1.29 is 14.3 Å². The zero-order valence-corrected chi connectivity index (χ0v) is 27.7. The number of benzene rings is 3. The fourth-order valence-corrected chi connectivity index (χ4v) is 7.79. The van der Waals surface area contributed by atoms with Crippen LogP contribution in [0.4, 0.5) is 17.1 Å². The van der Waals surface area contributed by atoms with Crippen molar-refractivity contribution in [2.24, 2.45) is 0 Å². The van der Waals surface area contributed by atoms with Crippen LogP contribution in [0.2, 0.25) is 0 Å². The molecule has 6 rings (SSSR count). The number of aromatic nitrogens is 1. The number of unbranched alkanes of at least 4 members (excludes halogenated alkanes) is 2. The lowest BCUT2D eigenvalue weighted by Gasteiger charge is -2.24. The highest BCUT2D eigenvalue weighted by molar-refractivity contribution is 8.26. The van der Waals surface area contributed by atoms with E-state index in [1.807, 2.05) is 55.5 Å². The van der Waals surface area contributed by atoms with Crippen molar-refractivity contribution in [2.45, 2.75) is 39.5 Å². The molecule has 0 atom stereocenters. The number of ether oxygens (including phenoxy) is 1. The number of rotatable bonds is 11. The molecule has 1 amide bonds. The van der Waals surface area contributed by atoms with E-state index in [4.69, 9.17) is 21.9 Å². The molecule has 2 aliphatic rings. The largest absolute Gasteiger partial charge is 0.466 e. The van der Waals surface area contributed by atoms with E-state index in [1.54, 1.807) is 16.2 Å². The van der Waals surface area contributed by atoms with Crippen molar-refractivity contribution in [3.05, 3.63) is 95.7 Å². The Morgan fingerprint density at radius 1 is 0.933 bits per heavy atom. The van der Waals surface area contributed by atoms with Crippen LogP contribution >= 0.6 is 35.3 Å². The van der Waals surface area contributed by atoms with Crippen molar-refractivity contribution >= 4 is 78.8 Å². The number of amides is 1.